The van der Waals surface area contributed by atoms with Crippen molar-refractivity contribution in [3.8, 4) is 11.4 Å². The Bertz CT molecular complexity index is 870. The molecular weight excluding hydrogens is 379 g/mol. The number of nitrogens with zero attached hydrogens (tertiary/aromatic N) is 2. The standard InChI is InChI=1S/C16H13IN2O2/c1-10-18-15-8-3-11(17)9-14(15)16(20)19(10)12-4-6-13(21-2)7-5-12/h3-9H,1-2H3. The first kappa shape index (κ1) is 14.1. The van der Waals surface area contributed by atoms with Crippen molar-refractivity contribution >= 4 is 33.5 Å². The molecular formula is C16H13IN2O2. The van der Waals surface area contributed by atoms with E-state index in [1.54, 1.807) is 11.7 Å². The van der Waals surface area contributed by atoms with Crippen LogP contribution in [-0.2, 0) is 0 Å². The lowest BCUT2D eigenvalue weighted by atomic mass is 10.2. The van der Waals surface area contributed by atoms with Crippen LogP contribution >= 0.6 is 22.6 Å². The molecule has 0 N–H and O–H groups in total. The van der Waals surface area contributed by atoms with Gasteiger partial charge in [0.1, 0.15) is 11.6 Å². The summed E-state index contributed by atoms with van der Waals surface area (Å²) in [6, 6.07) is 13.1. The second kappa shape index (κ2) is 5.48. The molecule has 1 heterocycles. The van der Waals surface area contributed by atoms with Crippen LogP contribution in [0.5, 0.6) is 5.75 Å². The molecule has 4 nitrogen and oxygen atoms in total. The van der Waals surface area contributed by atoms with E-state index in [0.717, 1.165) is 20.5 Å². The van der Waals surface area contributed by atoms with Crippen LogP contribution in [0.15, 0.2) is 47.3 Å². The molecule has 0 saturated heterocycles. The number of hydrogen-bond donors (Lipinski definition) is 0. The van der Waals surface area contributed by atoms with Crippen molar-refractivity contribution < 1.29 is 4.74 Å². The van der Waals surface area contributed by atoms with Gasteiger partial charge in [0.2, 0.25) is 0 Å². The van der Waals surface area contributed by atoms with Crippen LogP contribution in [0, 0.1) is 10.5 Å². The summed E-state index contributed by atoms with van der Waals surface area (Å²) in [5, 5.41) is 0.628. The molecule has 21 heavy (non-hydrogen) atoms. The van der Waals surface area contributed by atoms with Crippen LogP contribution < -0.4 is 10.3 Å². The van der Waals surface area contributed by atoms with Crippen LogP contribution in [0.4, 0.5) is 0 Å². The Balaban J connectivity index is 2.28. The first-order chi connectivity index (χ1) is 10.1. The highest BCUT2D eigenvalue weighted by Crippen LogP contribution is 2.17. The first-order valence-corrected chi connectivity index (χ1v) is 7.51. The number of halogens is 1. The molecule has 0 aliphatic rings. The SMILES string of the molecule is COc1ccc(-n2c(C)nc3ccc(I)cc3c2=O)cc1. The summed E-state index contributed by atoms with van der Waals surface area (Å²) in [5.41, 5.74) is 1.45. The van der Waals surface area contributed by atoms with Gasteiger partial charge in [0, 0.05) is 3.57 Å². The lowest BCUT2D eigenvalue weighted by Gasteiger charge is -2.11. The van der Waals surface area contributed by atoms with E-state index in [0.29, 0.717) is 11.2 Å². The summed E-state index contributed by atoms with van der Waals surface area (Å²) in [6.07, 6.45) is 0. The zero-order valence-corrected chi connectivity index (χ0v) is 13.8. The second-order valence-corrected chi connectivity index (χ2v) is 5.90. The van der Waals surface area contributed by atoms with Crippen molar-refractivity contribution in [2.45, 2.75) is 6.92 Å². The molecule has 0 fully saturated rings. The normalized spacial score (nSPS) is 10.8. The average molecular weight is 392 g/mol. The fourth-order valence-electron chi connectivity index (χ4n) is 2.30. The predicted molar refractivity (Wildman–Crippen MR) is 91.3 cm³/mol. The number of benzene rings is 2. The Morgan fingerprint density at radius 3 is 2.52 bits per heavy atom. The van der Waals surface area contributed by atoms with Gasteiger partial charge >= 0.3 is 0 Å². The number of fused-ring (bicyclic) bond motifs is 1. The Labute approximate surface area is 135 Å². The lowest BCUT2D eigenvalue weighted by molar-refractivity contribution is 0.414. The molecule has 0 unspecified atom stereocenters. The Morgan fingerprint density at radius 2 is 1.86 bits per heavy atom. The van der Waals surface area contributed by atoms with E-state index in [2.05, 4.69) is 27.6 Å². The van der Waals surface area contributed by atoms with E-state index >= 15 is 0 Å². The number of aryl methyl sites for hydroxylation is 1. The van der Waals surface area contributed by atoms with Crippen LogP contribution in [0.2, 0.25) is 0 Å². The Morgan fingerprint density at radius 1 is 1.14 bits per heavy atom. The summed E-state index contributed by atoms with van der Waals surface area (Å²) in [6.45, 7) is 1.84. The number of ether oxygens (including phenoxy) is 1. The van der Waals surface area contributed by atoms with Crippen LogP contribution in [0.1, 0.15) is 5.82 Å². The maximum Gasteiger partial charge on any atom is 0.265 e. The summed E-state index contributed by atoms with van der Waals surface area (Å²) in [5.74, 6) is 1.42. The van der Waals surface area contributed by atoms with Gasteiger partial charge in [-0.1, -0.05) is 0 Å². The van der Waals surface area contributed by atoms with Gasteiger partial charge in [-0.25, -0.2) is 4.98 Å². The van der Waals surface area contributed by atoms with E-state index in [9.17, 15) is 4.79 Å². The molecule has 3 rings (SSSR count). The van der Waals surface area contributed by atoms with E-state index in [-0.39, 0.29) is 5.56 Å². The second-order valence-electron chi connectivity index (χ2n) is 4.66. The zero-order valence-electron chi connectivity index (χ0n) is 11.6. The third-order valence-corrected chi connectivity index (χ3v) is 4.00. The van der Waals surface area contributed by atoms with Crippen LogP contribution in [0.25, 0.3) is 16.6 Å². The van der Waals surface area contributed by atoms with Crippen molar-refractivity contribution in [2.24, 2.45) is 0 Å². The van der Waals surface area contributed by atoms with E-state index in [1.165, 1.54) is 0 Å². The van der Waals surface area contributed by atoms with Crippen molar-refractivity contribution in [2.75, 3.05) is 7.11 Å². The summed E-state index contributed by atoms with van der Waals surface area (Å²) < 4.78 is 7.79. The highest BCUT2D eigenvalue weighted by Gasteiger charge is 2.10. The molecule has 0 atom stereocenters. The third-order valence-electron chi connectivity index (χ3n) is 3.33. The van der Waals surface area contributed by atoms with Crippen molar-refractivity contribution in [3.63, 3.8) is 0 Å². The number of rotatable bonds is 2. The molecule has 0 aliphatic heterocycles. The number of methoxy groups -OCH3 is 1. The van der Waals surface area contributed by atoms with Crippen molar-refractivity contribution in [1.29, 1.82) is 0 Å². The molecule has 106 valence electrons. The van der Waals surface area contributed by atoms with Crippen LogP contribution in [0.3, 0.4) is 0 Å². The molecule has 0 amide bonds. The molecule has 3 aromatic rings. The summed E-state index contributed by atoms with van der Waals surface area (Å²) in [4.78, 5) is 17.3. The third kappa shape index (κ3) is 2.53. The minimum atomic E-state index is -0.0545. The highest BCUT2D eigenvalue weighted by molar-refractivity contribution is 14.1. The van der Waals surface area contributed by atoms with Gasteiger partial charge in [-0.15, -0.1) is 0 Å². The van der Waals surface area contributed by atoms with Gasteiger partial charge in [-0.3, -0.25) is 9.36 Å². The van der Waals surface area contributed by atoms with E-state index in [1.807, 2.05) is 49.4 Å². The predicted octanol–water partition coefficient (Wildman–Crippen LogP) is 3.31. The molecule has 0 radical (unpaired) electrons. The van der Waals surface area contributed by atoms with Gasteiger partial charge in [-0.05, 0) is 72.0 Å². The summed E-state index contributed by atoms with van der Waals surface area (Å²) >= 11 is 2.20. The van der Waals surface area contributed by atoms with Gasteiger partial charge < -0.3 is 4.74 Å². The molecule has 5 heteroatoms. The Hall–Kier alpha value is -1.89. The zero-order chi connectivity index (χ0) is 15.0. The maximum atomic E-state index is 12.7. The molecule has 0 spiro atoms. The topological polar surface area (TPSA) is 44.1 Å². The maximum absolute atomic E-state index is 12.7. The highest BCUT2D eigenvalue weighted by atomic mass is 127. The largest absolute Gasteiger partial charge is 0.497 e. The van der Waals surface area contributed by atoms with Crippen molar-refractivity contribution in [3.05, 3.63) is 62.2 Å². The molecule has 0 saturated carbocycles. The molecule has 2 aromatic carbocycles. The van der Waals surface area contributed by atoms with E-state index < -0.39 is 0 Å². The fourth-order valence-corrected chi connectivity index (χ4v) is 2.80. The number of hydrogen-bond acceptors (Lipinski definition) is 3. The smallest absolute Gasteiger partial charge is 0.265 e. The molecule has 0 aliphatic carbocycles. The van der Waals surface area contributed by atoms with Gasteiger partial charge in [-0.2, -0.15) is 0 Å². The Kier molecular flexibility index (Phi) is 3.67. The summed E-state index contributed by atoms with van der Waals surface area (Å²) in [7, 11) is 1.62. The van der Waals surface area contributed by atoms with Crippen molar-refractivity contribution in [1.82, 2.24) is 9.55 Å². The van der Waals surface area contributed by atoms with Crippen LogP contribution in [-0.4, -0.2) is 16.7 Å². The molecule has 0 bridgehead atoms. The number of aromatic nitrogens is 2. The fraction of sp³-hybridized carbons (Fsp3) is 0.125. The lowest BCUT2D eigenvalue weighted by Crippen LogP contribution is -2.22. The quantitative estimate of drug-likeness (QED) is 0.629. The minimum Gasteiger partial charge on any atom is -0.497 e. The molecule has 1 aromatic heterocycles. The van der Waals surface area contributed by atoms with E-state index in [4.69, 9.17) is 4.74 Å². The minimum absolute atomic E-state index is 0.0545. The average Bonchev–Trinajstić information content (AvgIpc) is 2.49. The monoisotopic (exact) mass is 392 g/mol. The van der Waals surface area contributed by atoms with Gasteiger partial charge in [0.15, 0.2) is 0 Å². The first-order valence-electron chi connectivity index (χ1n) is 6.43. The van der Waals surface area contributed by atoms with Gasteiger partial charge in [0.25, 0.3) is 5.56 Å². The van der Waals surface area contributed by atoms with Gasteiger partial charge in [0.05, 0.1) is 23.7 Å².